The summed E-state index contributed by atoms with van der Waals surface area (Å²) in [6.45, 7) is 1.84. The third-order valence-corrected chi connectivity index (χ3v) is 4.37. The predicted octanol–water partition coefficient (Wildman–Crippen LogP) is 2.51. The molecule has 0 fully saturated rings. The molecule has 1 atom stereocenters. The van der Waals surface area contributed by atoms with Crippen LogP contribution in [0.3, 0.4) is 0 Å². The molecular weight excluding hydrogens is 234 g/mol. The lowest BCUT2D eigenvalue weighted by atomic mass is 10.1. The van der Waals surface area contributed by atoms with Gasteiger partial charge < -0.3 is 0 Å². The molecule has 0 spiro atoms. The summed E-state index contributed by atoms with van der Waals surface area (Å²) < 4.78 is 26.7. The second-order valence-corrected chi connectivity index (χ2v) is 5.79. The Bertz CT molecular complexity index is 544. The Labute approximate surface area is 102 Å². The van der Waals surface area contributed by atoms with Crippen LogP contribution in [0.2, 0.25) is 0 Å². The van der Waals surface area contributed by atoms with Crippen molar-refractivity contribution in [3.63, 3.8) is 0 Å². The van der Waals surface area contributed by atoms with Crippen molar-refractivity contribution in [2.75, 3.05) is 0 Å². The highest BCUT2D eigenvalue weighted by molar-refractivity contribution is 7.93. The van der Waals surface area contributed by atoms with Gasteiger partial charge in [-0.15, -0.1) is 0 Å². The topological polar surface area (TPSA) is 46.2 Å². The number of allylic oxidation sites excluding steroid dienone is 4. The summed E-state index contributed by atoms with van der Waals surface area (Å²) in [6.07, 6.45) is 5.72. The maximum Gasteiger partial charge on any atom is 0.237 e. The third-order valence-electron chi connectivity index (χ3n) is 2.71. The molecule has 0 aromatic heterocycles. The molecule has 17 heavy (non-hydrogen) atoms. The Morgan fingerprint density at radius 2 is 1.94 bits per heavy atom. The van der Waals surface area contributed by atoms with Crippen LogP contribution in [0, 0.1) is 0 Å². The Balaban J connectivity index is 2.11. The molecule has 0 radical (unpaired) electrons. The lowest BCUT2D eigenvalue weighted by molar-refractivity contribution is 0.572. The number of sulfonamides is 1. The predicted molar refractivity (Wildman–Crippen MR) is 68.8 cm³/mol. The van der Waals surface area contributed by atoms with Crippen molar-refractivity contribution < 1.29 is 8.42 Å². The zero-order valence-electron chi connectivity index (χ0n) is 9.63. The van der Waals surface area contributed by atoms with Gasteiger partial charge in [0.25, 0.3) is 0 Å². The van der Waals surface area contributed by atoms with Crippen LogP contribution in [0.15, 0.2) is 53.5 Å². The highest BCUT2D eigenvalue weighted by Gasteiger charge is 2.20. The van der Waals surface area contributed by atoms with E-state index in [0.29, 0.717) is 11.3 Å². The number of hydrogen-bond donors (Lipinski definition) is 1. The second kappa shape index (κ2) is 4.85. The molecule has 90 valence electrons. The molecule has 0 bridgehead atoms. The first-order valence-corrected chi connectivity index (χ1v) is 7.01. The van der Waals surface area contributed by atoms with E-state index < -0.39 is 10.0 Å². The van der Waals surface area contributed by atoms with Crippen molar-refractivity contribution in [2.45, 2.75) is 19.4 Å². The van der Waals surface area contributed by atoms with Gasteiger partial charge in [-0.2, -0.15) is 0 Å². The number of hydrogen-bond acceptors (Lipinski definition) is 2. The van der Waals surface area contributed by atoms with Crippen molar-refractivity contribution in [1.82, 2.24) is 4.72 Å². The van der Waals surface area contributed by atoms with Crippen LogP contribution in [0.25, 0.3) is 0 Å². The van der Waals surface area contributed by atoms with E-state index in [0.717, 1.165) is 5.56 Å². The fourth-order valence-corrected chi connectivity index (χ4v) is 3.07. The zero-order valence-corrected chi connectivity index (χ0v) is 10.4. The molecule has 1 aliphatic carbocycles. The first-order valence-electron chi connectivity index (χ1n) is 5.52. The second-order valence-electron chi connectivity index (χ2n) is 4.02. The molecule has 1 aromatic carbocycles. The summed E-state index contributed by atoms with van der Waals surface area (Å²) in [5.74, 6) is 0. The van der Waals surface area contributed by atoms with Gasteiger partial charge in [-0.05, 0) is 18.6 Å². The van der Waals surface area contributed by atoms with Crippen LogP contribution in [-0.4, -0.2) is 8.42 Å². The maximum atomic E-state index is 12.0. The van der Waals surface area contributed by atoms with Gasteiger partial charge in [-0.1, -0.05) is 42.5 Å². The van der Waals surface area contributed by atoms with E-state index in [4.69, 9.17) is 0 Å². The molecule has 4 heteroatoms. The summed E-state index contributed by atoms with van der Waals surface area (Å²) >= 11 is 0. The Hall–Kier alpha value is -1.39. The van der Waals surface area contributed by atoms with E-state index in [1.165, 1.54) is 0 Å². The minimum absolute atomic E-state index is 0.220. The Kier molecular flexibility index (Phi) is 3.45. The lowest BCUT2D eigenvalue weighted by Crippen LogP contribution is -2.27. The van der Waals surface area contributed by atoms with Crippen LogP contribution in [0.1, 0.15) is 24.9 Å². The molecule has 0 saturated carbocycles. The Morgan fingerprint density at radius 3 is 2.53 bits per heavy atom. The molecule has 0 unspecified atom stereocenters. The fraction of sp³-hybridized carbons (Fsp3) is 0.231. The summed E-state index contributed by atoms with van der Waals surface area (Å²) in [6, 6.07) is 9.31. The van der Waals surface area contributed by atoms with E-state index in [9.17, 15) is 8.42 Å². The molecule has 3 nitrogen and oxygen atoms in total. The standard InChI is InChI=1S/C13H15NO2S/c1-11(12-7-3-2-4-8-12)14-17(15,16)13-9-5-6-10-13/h2-9,11,14H,10H2,1H3/t11-/m1/s1. The minimum atomic E-state index is -3.36. The summed E-state index contributed by atoms with van der Waals surface area (Å²) in [4.78, 5) is 0.431. The van der Waals surface area contributed by atoms with E-state index >= 15 is 0 Å². The van der Waals surface area contributed by atoms with Crippen LogP contribution < -0.4 is 4.72 Å². The van der Waals surface area contributed by atoms with E-state index in [2.05, 4.69) is 4.72 Å². The Morgan fingerprint density at radius 1 is 1.24 bits per heavy atom. The van der Waals surface area contributed by atoms with Gasteiger partial charge in [-0.25, -0.2) is 13.1 Å². The van der Waals surface area contributed by atoms with Crippen LogP contribution >= 0.6 is 0 Å². The first-order chi connectivity index (χ1) is 8.09. The van der Waals surface area contributed by atoms with Gasteiger partial charge in [0.05, 0.1) is 4.91 Å². The van der Waals surface area contributed by atoms with Gasteiger partial charge in [0.2, 0.25) is 10.0 Å². The highest BCUT2D eigenvalue weighted by Crippen LogP contribution is 2.20. The largest absolute Gasteiger partial charge is 0.237 e. The molecule has 0 heterocycles. The lowest BCUT2D eigenvalue weighted by Gasteiger charge is -2.15. The van der Waals surface area contributed by atoms with Crippen molar-refractivity contribution in [3.8, 4) is 0 Å². The summed E-state index contributed by atoms with van der Waals surface area (Å²) in [7, 11) is -3.36. The normalized spacial score (nSPS) is 16.9. The van der Waals surface area contributed by atoms with Gasteiger partial charge in [0, 0.05) is 12.5 Å². The summed E-state index contributed by atoms with van der Waals surface area (Å²) in [5, 5.41) is 0. The quantitative estimate of drug-likeness (QED) is 0.891. The van der Waals surface area contributed by atoms with Crippen molar-refractivity contribution in [3.05, 3.63) is 59.0 Å². The zero-order chi connectivity index (χ0) is 12.3. The molecule has 0 saturated heterocycles. The van der Waals surface area contributed by atoms with E-state index in [1.807, 2.05) is 43.3 Å². The minimum Gasteiger partial charge on any atom is -0.207 e. The first kappa shape index (κ1) is 12.1. The molecule has 1 aliphatic rings. The molecule has 0 amide bonds. The number of benzene rings is 1. The van der Waals surface area contributed by atoms with Gasteiger partial charge in [-0.3, -0.25) is 0 Å². The van der Waals surface area contributed by atoms with Gasteiger partial charge in [0.15, 0.2) is 0 Å². The highest BCUT2D eigenvalue weighted by atomic mass is 32.2. The van der Waals surface area contributed by atoms with Gasteiger partial charge >= 0.3 is 0 Å². The fourth-order valence-electron chi connectivity index (χ4n) is 1.75. The number of rotatable bonds is 4. The monoisotopic (exact) mass is 249 g/mol. The van der Waals surface area contributed by atoms with E-state index in [1.54, 1.807) is 12.2 Å². The van der Waals surface area contributed by atoms with Gasteiger partial charge in [0.1, 0.15) is 0 Å². The molecule has 1 N–H and O–H groups in total. The average molecular weight is 249 g/mol. The molecule has 0 aliphatic heterocycles. The number of nitrogens with one attached hydrogen (secondary N) is 1. The smallest absolute Gasteiger partial charge is 0.207 e. The van der Waals surface area contributed by atoms with Crippen LogP contribution in [0.4, 0.5) is 0 Å². The van der Waals surface area contributed by atoms with E-state index in [-0.39, 0.29) is 6.04 Å². The van der Waals surface area contributed by atoms with Crippen molar-refractivity contribution in [2.24, 2.45) is 0 Å². The van der Waals surface area contributed by atoms with Crippen LogP contribution in [-0.2, 0) is 10.0 Å². The third kappa shape index (κ3) is 2.84. The summed E-state index contributed by atoms with van der Waals surface area (Å²) in [5.41, 5.74) is 0.961. The van der Waals surface area contributed by atoms with Crippen molar-refractivity contribution >= 4 is 10.0 Å². The van der Waals surface area contributed by atoms with Crippen LogP contribution in [0.5, 0.6) is 0 Å². The molecular formula is C13H15NO2S. The molecule has 1 aromatic rings. The molecule has 2 rings (SSSR count). The maximum absolute atomic E-state index is 12.0. The SMILES string of the molecule is C[C@@H](NS(=O)(=O)C1=CC=CC1)c1ccccc1. The average Bonchev–Trinajstić information content (AvgIpc) is 2.84. The van der Waals surface area contributed by atoms with Crippen molar-refractivity contribution in [1.29, 1.82) is 0 Å².